The molecule has 0 saturated carbocycles. The predicted molar refractivity (Wildman–Crippen MR) is 58.5 cm³/mol. The Morgan fingerprint density at radius 1 is 1.38 bits per heavy atom. The smallest absolute Gasteiger partial charge is 0.147 e. The number of fused-ring (bicyclic) bond motifs is 1. The molecule has 8 heteroatoms. The van der Waals surface area contributed by atoms with Gasteiger partial charge in [-0.2, -0.15) is 0 Å². The van der Waals surface area contributed by atoms with Crippen LogP contribution in [0.2, 0.25) is 0 Å². The molecule has 3 rings (SSSR count). The van der Waals surface area contributed by atoms with E-state index in [1.54, 1.807) is 6.33 Å². The third-order valence-electron chi connectivity index (χ3n) is 2.68. The molecule has 0 atom stereocenters. The van der Waals surface area contributed by atoms with Gasteiger partial charge in [0.2, 0.25) is 0 Å². The minimum atomic E-state index is 0.701. The zero-order valence-electron chi connectivity index (χ0n) is 8.57. The van der Waals surface area contributed by atoms with Crippen molar-refractivity contribution in [3.05, 3.63) is 17.8 Å². The third-order valence-corrected chi connectivity index (χ3v) is 3.27. The Balaban J connectivity index is 1.73. The van der Waals surface area contributed by atoms with Crippen molar-refractivity contribution in [2.45, 2.75) is 19.6 Å². The van der Waals surface area contributed by atoms with Crippen molar-refractivity contribution in [2.24, 2.45) is 0 Å². The fraction of sp³-hybridized carbons (Fsp3) is 0.500. The van der Waals surface area contributed by atoms with Crippen LogP contribution in [0.4, 0.5) is 5.00 Å². The number of nitrogens with zero attached hydrogens (tertiary/aromatic N) is 6. The normalized spacial score (nSPS) is 16.2. The predicted octanol–water partition coefficient (Wildman–Crippen LogP) is -0.272. The highest BCUT2D eigenvalue weighted by molar-refractivity contribution is 7.09. The number of rotatable bonds is 2. The Hall–Kier alpha value is -1.54. The van der Waals surface area contributed by atoms with E-state index in [1.807, 2.05) is 0 Å². The second kappa shape index (κ2) is 3.80. The summed E-state index contributed by atoms with van der Waals surface area (Å²) >= 11 is 1.24. The molecule has 0 amide bonds. The van der Waals surface area contributed by atoms with Gasteiger partial charge in [-0.1, -0.05) is 4.49 Å². The number of hydrogen-bond donors (Lipinski definition) is 1. The molecule has 0 aromatic carbocycles. The average Bonchev–Trinajstić information content (AvgIpc) is 2.88. The number of nitrogen functional groups attached to an aromatic ring is 1. The maximum atomic E-state index is 5.77. The van der Waals surface area contributed by atoms with Crippen LogP contribution in [-0.4, -0.2) is 35.8 Å². The van der Waals surface area contributed by atoms with Crippen LogP contribution in [0.25, 0.3) is 0 Å². The van der Waals surface area contributed by atoms with Crippen LogP contribution in [0.3, 0.4) is 0 Å². The van der Waals surface area contributed by atoms with E-state index in [0.29, 0.717) is 5.00 Å². The highest BCUT2D eigenvalue weighted by Gasteiger charge is 2.19. The maximum absolute atomic E-state index is 5.77. The number of hydrogen-bond acceptors (Lipinski definition) is 7. The van der Waals surface area contributed by atoms with Gasteiger partial charge in [0, 0.05) is 31.2 Å². The van der Waals surface area contributed by atoms with E-state index in [9.17, 15) is 0 Å². The molecule has 7 nitrogen and oxygen atoms in total. The van der Waals surface area contributed by atoms with Gasteiger partial charge in [-0.25, -0.2) is 0 Å². The lowest BCUT2D eigenvalue weighted by atomic mass is 10.3. The molecule has 16 heavy (non-hydrogen) atoms. The molecule has 1 aliphatic heterocycles. The van der Waals surface area contributed by atoms with Gasteiger partial charge in [0.05, 0.1) is 6.54 Å². The van der Waals surface area contributed by atoms with Gasteiger partial charge in [0.15, 0.2) is 0 Å². The van der Waals surface area contributed by atoms with E-state index in [0.717, 1.165) is 37.7 Å². The molecule has 0 saturated heterocycles. The molecule has 1 aliphatic rings. The van der Waals surface area contributed by atoms with Crippen molar-refractivity contribution < 1.29 is 0 Å². The van der Waals surface area contributed by atoms with E-state index in [1.165, 1.54) is 11.5 Å². The molecular formula is C8H11N7S. The molecule has 84 valence electrons. The molecule has 0 bridgehead atoms. The number of anilines is 1. The van der Waals surface area contributed by atoms with Gasteiger partial charge < -0.3 is 10.3 Å². The van der Waals surface area contributed by atoms with Crippen LogP contribution in [-0.2, 0) is 19.6 Å². The standard InChI is InChI=1S/C8H11N7S/c9-8-6(11-13-16-8)3-14-1-2-15-5-10-12-7(15)4-14/h5H,1-4,9H2. The zero-order chi connectivity index (χ0) is 11.0. The zero-order valence-corrected chi connectivity index (χ0v) is 9.39. The molecule has 2 aromatic rings. The Kier molecular flexibility index (Phi) is 2.29. The summed E-state index contributed by atoms with van der Waals surface area (Å²) in [6, 6.07) is 0. The van der Waals surface area contributed by atoms with Crippen LogP contribution in [0.15, 0.2) is 6.33 Å². The first-order valence-electron chi connectivity index (χ1n) is 4.98. The summed E-state index contributed by atoms with van der Waals surface area (Å²) in [4.78, 5) is 2.25. The van der Waals surface area contributed by atoms with Crippen molar-refractivity contribution in [1.29, 1.82) is 0 Å². The van der Waals surface area contributed by atoms with Gasteiger partial charge in [-0.05, 0) is 0 Å². The second-order valence-corrected chi connectivity index (χ2v) is 4.52. The molecule has 0 aliphatic carbocycles. The molecule has 0 radical (unpaired) electrons. The SMILES string of the molecule is Nc1snnc1CN1CCn2cnnc2C1. The van der Waals surface area contributed by atoms with Gasteiger partial charge in [0.1, 0.15) is 22.8 Å². The first-order valence-corrected chi connectivity index (χ1v) is 5.76. The molecule has 3 heterocycles. The van der Waals surface area contributed by atoms with Crippen molar-refractivity contribution in [2.75, 3.05) is 12.3 Å². The Labute approximate surface area is 96.1 Å². The van der Waals surface area contributed by atoms with Crippen molar-refractivity contribution >= 4 is 16.5 Å². The fourth-order valence-electron chi connectivity index (χ4n) is 1.79. The Bertz CT molecular complexity index is 490. The van der Waals surface area contributed by atoms with E-state index in [2.05, 4.69) is 29.3 Å². The number of nitrogens with two attached hydrogens (primary N) is 1. The Morgan fingerprint density at radius 2 is 2.31 bits per heavy atom. The molecular weight excluding hydrogens is 226 g/mol. The van der Waals surface area contributed by atoms with E-state index in [-0.39, 0.29) is 0 Å². The minimum absolute atomic E-state index is 0.701. The van der Waals surface area contributed by atoms with Crippen molar-refractivity contribution in [3.8, 4) is 0 Å². The van der Waals surface area contributed by atoms with Crippen LogP contribution in [0.5, 0.6) is 0 Å². The lowest BCUT2D eigenvalue weighted by molar-refractivity contribution is 0.207. The highest BCUT2D eigenvalue weighted by atomic mass is 32.1. The molecule has 0 spiro atoms. The molecule has 0 fully saturated rings. The first-order chi connectivity index (χ1) is 7.83. The summed E-state index contributed by atoms with van der Waals surface area (Å²) in [5.74, 6) is 0.994. The summed E-state index contributed by atoms with van der Waals surface area (Å²) in [6.45, 7) is 3.40. The van der Waals surface area contributed by atoms with Gasteiger partial charge >= 0.3 is 0 Å². The second-order valence-electron chi connectivity index (χ2n) is 3.74. The minimum Gasteiger partial charge on any atom is -0.388 e. The maximum Gasteiger partial charge on any atom is 0.147 e. The largest absolute Gasteiger partial charge is 0.388 e. The van der Waals surface area contributed by atoms with Crippen molar-refractivity contribution in [3.63, 3.8) is 0 Å². The van der Waals surface area contributed by atoms with Crippen molar-refractivity contribution in [1.82, 2.24) is 29.3 Å². The molecule has 0 unspecified atom stereocenters. The van der Waals surface area contributed by atoms with E-state index in [4.69, 9.17) is 5.73 Å². The number of aromatic nitrogens is 5. The molecule has 2 aromatic heterocycles. The highest BCUT2D eigenvalue weighted by Crippen LogP contribution is 2.17. The Morgan fingerprint density at radius 3 is 3.12 bits per heavy atom. The van der Waals surface area contributed by atoms with Crippen LogP contribution in [0.1, 0.15) is 11.5 Å². The van der Waals surface area contributed by atoms with Gasteiger partial charge in [-0.3, -0.25) is 4.90 Å². The lowest BCUT2D eigenvalue weighted by Crippen LogP contribution is -2.33. The van der Waals surface area contributed by atoms with Crippen LogP contribution >= 0.6 is 11.5 Å². The van der Waals surface area contributed by atoms with Crippen LogP contribution < -0.4 is 5.73 Å². The summed E-state index contributed by atoms with van der Waals surface area (Å²) in [6.07, 6.45) is 1.77. The summed E-state index contributed by atoms with van der Waals surface area (Å²) < 4.78 is 5.90. The monoisotopic (exact) mass is 237 g/mol. The summed E-state index contributed by atoms with van der Waals surface area (Å²) in [5, 5.41) is 12.7. The topological polar surface area (TPSA) is 85.8 Å². The van der Waals surface area contributed by atoms with E-state index >= 15 is 0 Å². The van der Waals surface area contributed by atoms with Gasteiger partial charge in [-0.15, -0.1) is 15.3 Å². The van der Waals surface area contributed by atoms with Gasteiger partial charge in [0.25, 0.3) is 0 Å². The summed E-state index contributed by atoms with van der Waals surface area (Å²) in [7, 11) is 0. The average molecular weight is 237 g/mol. The van der Waals surface area contributed by atoms with E-state index < -0.39 is 0 Å². The summed E-state index contributed by atoms with van der Waals surface area (Å²) in [5.41, 5.74) is 6.63. The first kappa shape index (κ1) is 9.67. The quantitative estimate of drug-likeness (QED) is 0.773. The fourth-order valence-corrected chi connectivity index (χ4v) is 2.23. The van der Waals surface area contributed by atoms with Crippen LogP contribution in [0, 0.1) is 0 Å². The molecule has 2 N–H and O–H groups in total. The lowest BCUT2D eigenvalue weighted by Gasteiger charge is -2.25. The third kappa shape index (κ3) is 1.65.